The number of halogens is 4. The minimum Gasteiger partial charge on any atom is -0.381 e. The van der Waals surface area contributed by atoms with Gasteiger partial charge in [-0.25, -0.2) is 4.39 Å². The van der Waals surface area contributed by atoms with Crippen LogP contribution in [0.3, 0.4) is 0 Å². The van der Waals surface area contributed by atoms with Gasteiger partial charge in [0.05, 0.1) is 30.2 Å². The smallest absolute Gasteiger partial charge is 0.381 e. The lowest BCUT2D eigenvalue weighted by atomic mass is 9.73. The number of amides is 1. The fourth-order valence-corrected chi connectivity index (χ4v) is 4.78. The highest BCUT2D eigenvalue weighted by Gasteiger charge is 2.43. The van der Waals surface area contributed by atoms with Crippen LogP contribution in [0.15, 0.2) is 48.5 Å². The van der Waals surface area contributed by atoms with Crippen molar-refractivity contribution in [2.75, 3.05) is 46.1 Å². The van der Waals surface area contributed by atoms with Gasteiger partial charge in [0.25, 0.3) is 0 Å². The molecule has 0 spiro atoms. The van der Waals surface area contributed by atoms with Gasteiger partial charge in [0.1, 0.15) is 5.82 Å². The highest BCUT2D eigenvalue weighted by Crippen LogP contribution is 2.38. The van der Waals surface area contributed by atoms with Gasteiger partial charge in [0, 0.05) is 32.8 Å². The molecule has 1 amide bonds. The Morgan fingerprint density at radius 2 is 1.68 bits per heavy atom. The van der Waals surface area contributed by atoms with Crippen LogP contribution >= 0.6 is 0 Å². The second kappa shape index (κ2) is 10.4. The van der Waals surface area contributed by atoms with E-state index in [1.54, 1.807) is 12.1 Å². The summed E-state index contributed by atoms with van der Waals surface area (Å²) in [7, 11) is 0. The number of alkyl halides is 3. The van der Waals surface area contributed by atoms with Crippen LogP contribution in [0.1, 0.15) is 35.6 Å². The number of benzene rings is 2. The maximum atomic E-state index is 14.0. The van der Waals surface area contributed by atoms with E-state index in [0.717, 1.165) is 17.7 Å². The van der Waals surface area contributed by atoms with Gasteiger partial charge in [-0.3, -0.25) is 9.69 Å². The first-order valence-electron chi connectivity index (χ1n) is 11.4. The van der Waals surface area contributed by atoms with Crippen LogP contribution < -0.4 is 5.32 Å². The van der Waals surface area contributed by atoms with E-state index in [0.29, 0.717) is 31.9 Å². The second-order valence-electron chi connectivity index (χ2n) is 8.70. The maximum absolute atomic E-state index is 14.0. The minimum atomic E-state index is -4.50. The third kappa shape index (κ3) is 5.42. The third-order valence-corrected chi connectivity index (χ3v) is 6.70. The Hall–Kier alpha value is -2.49. The standard InChI is InChI=1S/C25H28F4N2O3/c26-21-6-1-3-18(15-21)22(31-9-13-34-14-10-31)17-30-23(32)24(7-11-33-12-8-24)19-4-2-5-20(16-19)25(27,28)29/h1-6,15-16,22H,7-14,17H2,(H,30,32). The summed E-state index contributed by atoms with van der Waals surface area (Å²) < 4.78 is 64.9. The number of hydrogen-bond acceptors (Lipinski definition) is 4. The SMILES string of the molecule is O=C(NCC(c1cccc(F)c1)N1CCOCC1)C1(c2cccc(C(F)(F)F)c2)CCOCC1. The van der Waals surface area contributed by atoms with Crippen molar-refractivity contribution in [3.63, 3.8) is 0 Å². The molecule has 0 bridgehead atoms. The highest BCUT2D eigenvalue weighted by atomic mass is 19.4. The zero-order valence-corrected chi connectivity index (χ0v) is 18.7. The van der Waals surface area contributed by atoms with E-state index in [9.17, 15) is 22.4 Å². The van der Waals surface area contributed by atoms with Crippen molar-refractivity contribution in [1.82, 2.24) is 10.2 Å². The predicted molar refractivity (Wildman–Crippen MR) is 118 cm³/mol. The average Bonchev–Trinajstić information content (AvgIpc) is 2.85. The molecular weight excluding hydrogens is 452 g/mol. The molecule has 1 N–H and O–H groups in total. The van der Waals surface area contributed by atoms with E-state index in [2.05, 4.69) is 10.2 Å². The lowest BCUT2D eigenvalue weighted by Gasteiger charge is -2.39. The lowest BCUT2D eigenvalue weighted by Crippen LogP contribution is -2.51. The molecule has 1 atom stereocenters. The number of rotatable bonds is 6. The van der Waals surface area contributed by atoms with Crippen molar-refractivity contribution in [2.24, 2.45) is 0 Å². The predicted octanol–water partition coefficient (Wildman–Crippen LogP) is 4.08. The van der Waals surface area contributed by atoms with Crippen molar-refractivity contribution >= 4 is 5.91 Å². The largest absolute Gasteiger partial charge is 0.416 e. The van der Waals surface area contributed by atoms with Gasteiger partial charge in [0.2, 0.25) is 5.91 Å². The molecule has 9 heteroatoms. The first kappa shape index (κ1) is 24.6. The molecule has 2 heterocycles. The molecule has 0 aromatic heterocycles. The van der Waals surface area contributed by atoms with Crippen LogP contribution in [0.2, 0.25) is 0 Å². The summed E-state index contributed by atoms with van der Waals surface area (Å²) in [4.78, 5) is 15.7. The fourth-order valence-electron chi connectivity index (χ4n) is 4.78. The van der Waals surface area contributed by atoms with E-state index >= 15 is 0 Å². The zero-order chi connectivity index (χ0) is 24.2. The Kier molecular flexibility index (Phi) is 7.54. The zero-order valence-electron chi connectivity index (χ0n) is 18.7. The number of carbonyl (C=O) groups is 1. The molecule has 0 saturated carbocycles. The van der Waals surface area contributed by atoms with Gasteiger partial charge in [0.15, 0.2) is 0 Å². The van der Waals surface area contributed by atoms with Crippen molar-refractivity contribution in [3.8, 4) is 0 Å². The Morgan fingerprint density at radius 1 is 1.00 bits per heavy atom. The fraction of sp³-hybridized carbons (Fsp3) is 0.480. The number of nitrogens with one attached hydrogen (secondary N) is 1. The Bertz CT molecular complexity index is 986. The summed E-state index contributed by atoms with van der Waals surface area (Å²) in [5.74, 6) is -0.711. The molecule has 2 aliphatic rings. The van der Waals surface area contributed by atoms with Gasteiger partial charge < -0.3 is 14.8 Å². The molecule has 2 aromatic carbocycles. The van der Waals surface area contributed by atoms with Crippen molar-refractivity contribution in [2.45, 2.75) is 30.5 Å². The average molecular weight is 481 g/mol. The molecule has 4 rings (SSSR count). The monoisotopic (exact) mass is 480 g/mol. The van der Waals surface area contributed by atoms with Crippen LogP contribution in [0.5, 0.6) is 0 Å². The van der Waals surface area contributed by atoms with Crippen LogP contribution in [-0.4, -0.2) is 56.9 Å². The van der Waals surface area contributed by atoms with Gasteiger partial charge in [-0.05, 0) is 42.2 Å². The van der Waals surface area contributed by atoms with Crippen LogP contribution in [0, 0.1) is 5.82 Å². The molecule has 34 heavy (non-hydrogen) atoms. The highest BCUT2D eigenvalue weighted by molar-refractivity contribution is 5.88. The van der Waals surface area contributed by atoms with Gasteiger partial charge >= 0.3 is 6.18 Å². The van der Waals surface area contributed by atoms with Crippen LogP contribution in [0.25, 0.3) is 0 Å². The molecule has 2 fully saturated rings. The minimum absolute atomic E-state index is 0.198. The number of nitrogens with zero attached hydrogens (tertiary/aromatic N) is 1. The first-order valence-corrected chi connectivity index (χ1v) is 11.4. The Labute approximate surface area is 196 Å². The molecule has 5 nitrogen and oxygen atoms in total. The summed E-state index contributed by atoms with van der Waals surface area (Å²) in [6.07, 6.45) is -3.94. The molecule has 0 radical (unpaired) electrons. The molecule has 0 aliphatic carbocycles. The molecule has 184 valence electrons. The normalized spacial score (nSPS) is 20.0. The van der Waals surface area contributed by atoms with Crippen molar-refractivity contribution in [3.05, 3.63) is 71.0 Å². The summed E-state index contributed by atoms with van der Waals surface area (Å²) in [5, 5.41) is 2.98. The summed E-state index contributed by atoms with van der Waals surface area (Å²) >= 11 is 0. The second-order valence-corrected chi connectivity index (χ2v) is 8.70. The first-order chi connectivity index (χ1) is 16.3. The topological polar surface area (TPSA) is 50.8 Å². The third-order valence-electron chi connectivity index (χ3n) is 6.70. The summed E-state index contributed by atoms with van der Waals surface area (Å²) in [6, 6.07) is 10.9. The lowest BCUT2D eigenvalue weighted by molar-refractivity contribution is -0.138. The number of carbonyl (C=O) groups excluding carboxylic acids is 1. The quantitative estimate of drug-likeness (QED) is 0.633. The Balaban J connectivity index is 1.59. The van der Waals surface area contributed by atoms with E-state index in [4.69, 9.17) is 9.47 Å². The van der Waals surface area contributed by atoms with Gasteiger partial charge in [-0.15, -0.1) is 0 Å². The maximum Gasteiger partial charge on any atom is 0.416 e. The Morgan fingerprint density at radius 3 is 2.35 bits per heavy atom. The number of ether oxygens (including phenoxy) is 2. The van der Waals surface area contributed by atoms with Crippen molar-refractivity contribution < 1.29 is 31.8 Å². The van der Waals surface area contributed by atoms with E-state index in [-0.39, 0.29) is 50.4 Å². The number of morpholine rings is 1. The van der Waals surface area contributed by atoms with Gasteiger partial charge in [-0.1, -0.05) is 30.3 Å². The van der Waals surface area contributed by atoms with E-state index < -0.39 is 17.2 Å². The van der Waals surface area contributed by atoms with E-state index in [1.807, 2.05) is 6.07 Å². The van der Waals surface area contributed by atoms with Crippen LogP contribution in [-0.2, 0) is 25.9 Å². The summed E-state index contributed by atoms with van der Waals surface area (Å²) in [5.41, 5.74) is -0.856. The van der Waals surface area contributed by atoms with E-state index in [1.165, 1.54) is 18.2 Å². The molecule has 2 aromatic rings. The molecule has 2 saturated heterocycles. The molecule has 2 aliphatic heterocycles. The van der Waals surface area contributed by atoms with Crippen LogP contribution in [0.4, 0.5) is 17.6 Å². The van der Waals surface area contributed by atoms with Gasteiger partial charge in [-0.2, -0.15) is 13.2 Å². The number of hydrogen-bond donors (Lipinski definition) is 1. The molecular formula is C25H28F4N2O3. The van der Waals surface area contributed by atoms with Crippen molar-refractivity contribution in [1.29, 1.82) is 0 Å². The summed E-state index contributed by atoms with van der Waals surface area (Å²) in [6.45, 7) is 3.08. The molecule has 1 unspecified atom stereocenters.